The molecule has 4 nitrogen and oxygen atoms in total. The molecule has 0 fully saturated rings. The molecule has 5 heteroatoms. The Hall–Kier alpha value is -3.23. The van der Waals surface area contributed by atoms with Gasteiger partial charge in [-0.3, -0.25) is 9.00 Å². The number of amides is 1. The standard InChI is InChI=1S/C23H20N2O2S/c1-2-28(27)21-13-7-17(8-14-21)15-23(26)25-20-11-9-18(10-12-20)22-6-4-3-5-19(22)16-24/h3-14H,2,15H2,1H3,(H,25,26). The minimum atomic E-state index is -0.984. The third-order valence-corrected chi connectivity index (χ3v) is 5.66. The van der Waals surface area contributed by atoms with E-state index in [1.807, 2.05) is 73.7 Å². The predicted octanol–water partition coefficient (Wildman–Crippen LogP) is 4.53. The van der Waals surface area contributed by atoms with E-state index in [0.717, 1.165) is 21.6 Å². The molecular weight excluding hydrogens is 368 g/mol. The van der Waals surface area contributed by atoms with Gasteiger partial charge in [0.15, 0.2) is 0 Å². The number of carbonyl (C=O) groups is 1. The Balaban J connectivity index is 1.65. The summed E-state index contributed by atoms with van der Waals surface area (Å²) >= 11 is 0. The van der Waals surface area contributed by atoms with Crippen molar-refractivity contribution >= 4 is 22.4 Å². The van der Waals surface area contributed by atoms with Gasteiger partial charge < -0.3 is 5.32 Å². The molecule has 0 aliphatic heterocycles. The zero-order valence-corrected chi connectivity index (χ0v) is 16.3. The van der Waals surface area contributed by atoms with E-state index >= 15 is 0 Å². The van der Waals surface area contributed by atoms with Crippen LogP contribution in [0.15, 0.2) is 77.7 Å². The SMILES string of the molecule is CCS(=O)c1ccc(CC(=O)Nc2ccc(-c3ccccc3C#N)cc2)cc1. The van der Waals surface area contributed by atoms with Gasteiger partial charge in [-0.05, 0) is 47.0 Å². The van der Waals surface area contributed by atoms with Crippen LogP contribution >= 0.6 is 0 Å². The topological polar surface area (TPSA) is 70.0 Å². The first-order valence-electron chi connectivity index (χ1n) is 8.97. The molecule has 0 saturated heterocycles. The smallest absolute Gasteiger partial charge is 0.228 e. The fourth-order valence-corrected chi connectivity index (χ4v) is 3.65. The number of hydrogen-bond acceptors (Lipinski definition) is 3. The van der Waals surface area contributed by atoms with Crippen LogP contribution in [-0.2, 0) is 22.0 Å². The number of benzene rings is 3. The fourth-order valence-electron chi connectivity index (χ4n) is 2.88. The lowest BCUT2D eigenvalue weighted by Gasteiger charge is -2.08. The van der Waals surface area contributed by atoms with Crippen LogP contribution in [0.5, 0.6) is 0 Å². The monoisotopic (exact) mass is 388 g/mol. The highest BCUT2D eigenvalue weighted by molar-refractivity contribution is 7.85. The highest BCUT2D eigenvalue weighted by Crippen LogP contribution is 2.24. The fraction of sp³-hybridized carbons (Fsp3) is 0.130. The average Bonchev–Trinajstić information content (AvgIpc) is 2.74. The number of rotatable bonds is 6. The van der Waals surface area contributed by atoms with Gasteiger partial charge in [0.05, 0.1) is 28.9 Å². The summed E-state index contributed by atoms with van der Waals surface area (Å²) in [6.07, 6.45) is 0.248. The predicted molar refractivity (Wildman–Crippen MR) is 112 cm³/mol. The van der Waals surface area contributed by atoms with E-state index in [1.165, 1.54) is 0 Å². The van der Waals surface area contributed by atoms with E-state index in [2.05, 4.69) is 11.4 Å². The summed E-state index contributed by atoms with van der Waals surface area (Å²) in [5.41, 5.74) is 3.98. The maximum absolute atomic E-state index is 12.3. The molecule has 1 atom stereocenters. The highest BCUT2D eigenvalue weighted by Gasteiger charge is 2.08. The zero-order chi connectivity index (χ0) is 19.9. The van der Waals surface area contributed by atoms with Crippen LogP contribution in [0.2, 0.25) is 0 Å². The van der Waals surface area contributed by atoms with Gasteiger partial charge >= 0.3 is 0 Å². The molecule has 1 N–H and O–H groups in total. The molecule has 0 radical (unpaired) electrons. The first-order valence-corrected chi connectivity index (χ1v) is 10.3. The van der Waals surface area contributed by atoms with Gasteiger partial charge in [0, 0.05) is 16.3 Å². The van der Waals surface area contributed by atoms with Crippen molar-refractivity contribution in [2.75, 3.05) is 11.1 Å². The zero-order valence-electron chi connectivity index (χ0n) is 15.5. The van der Waals surface area contributed by atoms with Gasteiger partial charge in [-0.15, -0.1) is 0 Å². The third-order valence-electron chi connectivity index (χ3n) is 4.34. The van der Waals surface area contributed by atoms with Gasteiger partial charge in [-0.2, -0.15) is 5.26 Å². The molecule has 28 heavy (non-hydrogen) atoms. The molecule has 3 aromatic carbocycles. The van der Waals surface area contributed by atoms with Crippen LogP contribution in [0.4, 0.5) is 5.69 Å². The molecule has 0 aliphatic rings. The maximum Gasteiger partial charge on any atom is 0.228 e. The van der Waals surface area contributed by atoms with Crippen molar-refractivity contribution in [2.24, 2.45) is 0 Å². The molecule has 1 unspecified atom stereocenters. The van der Waals surface area contributed by atoms with Crippen LogP contribution in [0.25, 0.3) is 11.1 Å². The molecular formula is C23H20N2O2S. The number of nitriles is 1. The quantitative estimate of drug-likeness (QED) is 0.674. The van der Waals surface area contributed by atoms with Gasteiger partial charge in [-0.1, -0.05) is 49.4 Å². The second-order valence-electron chi connectivity index (χ2n) is 6.24. The van der Waals surface area contributed by atoms with E-state index in [1.54, 1.807) is 6.07 Å². The van der Waals surface area contributed by atoms with E-state index in [0.29, 0.717) is 17.0 Å². The van der Waals surface area contributed by atoms with Crippen molar-refractivity contribution in [1.29, 1.82) is 5.26 Å². The Morgan fingerprint density at radius 1 is 1.00 bits per heavy atom. The number of nitrogens with zero attached hydrogens (tertiary/aromatic N) is 1. The number of carbonyl (C=O) groups excluding carboxylic acids is 1. The molecule has 1 amide bonds. The van der Waals surface area contributed by atoms with Gasteiger partial charge in [-0.25, -0.2) is 0 Å². The molecule has 0 saturated carbocycles. The summed E-state index contributed by atoms with van der Waals surface area (Å²) in [7, 11) is -0.984. The molecule has 0 heterocycles. The van der Waals surface area contributed by atoms with Crippen molar-refractivity contribution in [2.45, 2.75) is 18.2 Å². The van der Waals surface area contributed by atoms with Crippen LogP contribution in [0, 0.1) is 11.3 Å². The lowest BCUT2D eigenvalue weighted by atomic mass is 10.0. The second-order valence-corrected chi connectivity index (χ2v) is 7.98. The van der Waals surface area contributed by atoms with E-state index < -0.39 is 10.8 Å². The number of nitrogens with one attached hydrogen (secondary N) is 1. The van der Waals surface area contributed by atoms with E-state index in [9.17, 15) is 14.3 Å². The summed E-state index contributed by atoms with van der Waals surface area (Å²) < 4.78 is 11.8. The summed E-state index contributed by atoms with van der Waals surface area (Å²) in [5, 5.41) is 12.1. The summed E-state index contributed by atoms with van der Waals surface area (Å²) in [6, 6.07) is 24.3. The molecule has 3 aromatic rings. The Bertz CT molecular complexity index is 1040. The minimum absolute atomic E-state index is 0.116. The molecule has 3 rings (SSSR count). The van der Waals surface area contributed by atoms with Crippen LogP contribution in [-0.4, -0.2) is 15.9 Å². The van der Waals surface area contributed by atoms with Crippen molar-refractivity contribution in [3.63, 3.8) is 0 Å². The lowest BCUT2D eigenvalue weighted by molar-refractivity contribution is -0.115. The highest BCUT2D eigenvalue weighted by atomic mass is 32.2. The Morgan fingerprint density at radius 2 is 1.68 bits per heavy atom. The molecule has 140 valence electrons. The lowest BCUT2D eigenvalue weighted by Crippen LogP contribution is -2.14. The molecule has 0 bridgehead atoms. The minimum Gasteiger partial charge on any atom is -0.326 e. The number of anilines is 1. The van der Waals surface area contributed by atoms with Gasteiger partial charge in [0.2, 0.25) is 5.91 Å². The largest absolute Gasteiger partial charge is 0.326 e. The summed E-state index contributed by atoms with van der Waals surface area (Å²) in [4.78, 5) is 13.1. The Morgan fingerprint density at radius 3 is 2.32 bits per heavy atom. The van der Waals surface area contributed by atoms with Crippen molar-refractivity contribution in [3.8, 4) is 17.2 Å². The first-order chi connectivity index (χ1) is 13.6. The second kappa shape index (κ2) is 9.12. The van der Waals surface area contributed by atoms with Crippen LogP contribution in [0.3, 0.4) is 0 Å². The Kier molecular flexibility index (Phi) is 6.36. The molecule has 0 aromatic heterocycles. The average molecular weight is 388 g/mol. The third kappa shape index (κ3) is 4.73. The number of hydrogen-bond donors (Lipinski definition) is 1. The maximum atomic E-state index is 12.3. The van der Waals surface area contributed by atoms with Crippen molar-refractivity contribution in [1.82, 2.24) is 0 Å². The van der Waals surface area contributed by atoms with Crippen molar-refractivity contribution in [3.05, 3.63) is 83.9 Å². The van der Waals surface area contributed by atoms with Crippen molar-refractivity contribution < 1.29 is 9.00 Å². The summed E-state index contributed by atoms with van der Waals surface area (Å²) in [6.45, 7) is 1.88. The van der Waals surface area contributed by atoms with E-state index in [-0.39, 0.29) is 12.3 Å². The summed E-state index contributed by atoms with van der Waals surface area (Å²) in [5.74, 6) is 0.462. The van der Waals surface area contributed by atoms with Crippen LogP contribution < -0.4 is 5.32 Å². The first kappa shape index (κ1) is 19.5. The molecule has 0 aliphatic carbocycles. The van der Waals surface area contributed by atoms with Gasteiger partial charge in [0.1, 0.15) is 0 Å². The van der Waals surface area contributed by atoms with E-state index in [4.69, 9.17) is 0 Å². The van der Waals surface area contributed by atoms with Crippen LogP contribution in [0.1, 0.15) is 18.1 Å². The normalized spacial score (nSPS) is 11.4. The Labute approximate surface area is 167 Å². The molecule has 0 spiro atoms. The van der Waals surface area contributed by atoms with Gasteiger partial charge in [0.25, 0.3) is 0 Å².